The highest BCUT2D eigenvalue weighted by molar-refractivity contribution is 6.05. The van der Waals surface area contributed by atoms with E-state index in [1.807, 2.05) is 0 Å². The van der Waals surface area contributed by atoms with Gasteiger partial charge in [-0.15, -0.1) is 0 Å². The molecule has 1 N–H and O–H groups in total. The zero-order chi connectivity index (χ0) is 19.6. The fourth-order valence-corrected chi connectivity index (χ4v) is 2.46. The van der Waals surface area contributed by atoms with Crippen molar-refractivity contribution in [2.45, 2.75) is 6.54 Å². The third-order valence-electron chi connectivity index (χ3n) is 3.76. The lowest BCUT2D eigenvalue weighted by molar-refractivity contribution is 0.102. The Morgan fingerprint density at radius 3 is 2.44 bits per heavy atom. The molecule has 0 fully saturated rings. The van der Waals surface area contributed by atoms with E-state index in [1.165, 1.54) is 19.4 Å². The number of carbonyl (C=O) groups excluding carboxylic acids is 1. The van der Waals surface area contributed by atoms with Gasteiger partial charge in [-0.25, -0.2) is 17.6 Å². The summed E-state index contributed by atoms with van der Waals surface area (Å²) in [5, 5.41) is 6.44. The van der Waals surface area contributed by atoms with Gasteiger partial charge in [-0.1, -0.05) is 12.1 Å². The van der Waals surface area contributed by atoms with E-state index in [0.717, 1.165) is 4.68 Å². The highest BCUT2D eigenvalue weighted by Crippen LogP contribution is 2.21. The summed E-state index contributed by atoms with van der Waals surface area (Å²) in [6, 6.07) is 8.02. The second kappa shape index (κ2) is 7.48. The van der Waals surface area contributed by atoms with E-state index < -0.39 is 41.3 Å². The molecule has 27 heavy (non-hydrogen) atoms. The summed E-state index contributed by atoms with van der Waals surface area (Å²) >= 11 is 0. The molecule has 0 atom stereocenters. The quantitative estimate of drug-likeness (QED) is 0.543. The summed E-state index contributed by atoms with van der Waals surface area (Å²) in [6.07, 6.45) is 1.31. The average molecular weight is 379 g/mol. The van der Waals surface area contributed by atoms with Crippen molar-refractivity contribution in [3.05, 3.63) is 77.0 Å². The summed E-state index contributed by atoms with van der Waals surface area (Å²) in [5.41, 5.74) is -0.544. The number of hydrogen-bond donors (Lipinski definition) is 1. The summed E-state index contributed by atoms with van der Waals surface area (Å²) in [7, 11) is 1.42. The van der Waals surface area contributed by atoms with Crippen molar-refractivity contribution < 1.29 is 27.1 Å². The van der Waals surface area contributed by atoms with Crippen LogP contribution in [0, 0.1) is 23.3 Å². The number of aromatic nitrogens is 2. The standard InChI is InChI=1S/C18H13F4N3O2/c1-27-14-5-3-2-4-10(14)18(26)23-15-6-7-25(24-15)9-11-16(21)12(19)8-13(20)17(11)22/h2-8H,9H2,1H3,(H,23,24,26). The van der Waals surface area contributed by atoms with Crippen LogP contribution in [0.25, 0.3) is 0 Å². The Bertz CT molecular complexity index is 978. The first-order valence-electron chi connectivity index (χ1n) is 7.70. The van der Waals surface area contributed by atoms with Crippen LogP contribution in [0.2, 0.25) is 0 Å². The molecule has 3 aromatic rings. The number of benzene rings is 2. The smallest absolute Gasteiger partial charge is 0.260 e. The number of halogens is 4. The Morgan fingerprint density at radius 1 is 1.11 bits per heavy atom. The van der Waals surface area contributed by atoms with E-state index in [0.29, 0.717) is 5.75 Å². The summed E-state index contributed by atoms with van der Waals surface area (Å²) in [4.78, 5) is 12.3. The van der Waals surface area contributed by atoms with Gasteiger partial charge in [-0.05, 0) is 12.1 Å². The first kappa shape index (κ1) is 18.4. The Morgan fingerprint density at radius 2 is 1.78 bits per heavy atom. The minimum atomic E-state index is -1.50. The predicted octanol–water partition coefficient (Wildman–Crippen LogP) is 3.75. The Kier molecular flexibility index (Phi) is 5.11. The molecule has 0 bridgehead atoms. The second-order valence-electron chi connectivity index (χ2n) is 5.50. The molecule has 3 rings (SSSR count). The molecule has 0 aliphatic rings. The lowest BCUT2D eigenvalue weighted by atomic mass is 10.2. The van der Waals surface area contributed by atoms with Crippen LogP contribution in [0.5, 0.6) is 5.75 Å². The molecule has 1 heterocycles. The number of anilines is 1. The van der Waals surface area contributed by atoms with Crippen molar-refractivity contribution in [2.75, 3.05) is 12.4 Å². The third kappa shape index (κ3) is 3.76. The Hall–Kier alpha value is -3.36. The van der Waals surface area contributed by atoms with Crippen LogP contribution < -0.4 is 10.1 Å². The number of hydrogen-bond acceptors (Lipinski definition) is 3. The van der Waals surface area contributed by atoms with Crippen molar-refractivity contribution in [3.63, 3.8) is 0 Å². The van der Waals surface area contributed by atoms with Crippen molar-refractivity contribution >= 4 is 11.7 Å². The Labute approximate surface area is 151 Å². The van der Waals surface area contributed by atoms with Crippen molar-refractivity contribution in [1.82, 2.24) is 9.78 Å². The van der Waals surface area contributed by atoms with Crippen molar-refractivity contribution in [3.8, 4) is 5.75 Å². The second-order valence-corrected chi connectivity index (χ2v) is 5.50. The number of ether oxygens (including phenoxy) is 1. The molecular formula is C18H13F4N3O2. The van der Waals surface area contributed by atoms with Gasteiger partial charge in [0.2, 0.25) is 0 Å². The molecule has 0 spiro atoms. The summed E-state index contributed by atoms with van der Waals surface area (Å²) < 4.78 is 60.2. The van der Waals surface area contributed by atoms with Crippen molar-refractivity contribution in [1.29, 1.82) is 0 Å². The number of nitrogens with one attached hydrogen (secondary N) is 1. The fraction of sp³-hybridized carbons (Fsp3) is 0.111. The van der Waals surface area contributed by atoms with Crippen LogP contribution in [0.15, 0.2) is 42.6 Å². The highest BCUT2D eigenvalue weighted by Gasteiger charge is 2.20. The molecule has 140 valence electrons. The lowest BCUT2D eigenvalue weighted by Gasteiger charge is -2.08. The zero-order valence-corrected chi connectivity index (χ0v) is 14.0. The largest absolute Gasteiger partial charge is 0.496 e. The number of rotatable bonds is 5. The maximum atomic E-state index is 13.7. The topological polar surface area (TPSA) is 56.1 Å². The van der Waals surface area contributed by atoms with Gasteiger partial charge in [0.25, 0.3) is 5.91 Å². The van der Waals surface area contributed by atoms with Gasteiger partial charge in [0.1, 0.15) is 5.75 Å². The van der Waals surface area contributed by atoms with E-state index in [-0.39, 0.29) is 17.4 Å². The molecule has 0 radical (unpaired) electrons. The van der Waals surface area contributed by atoms with Gasteiger partial charge in [0.15, 0.2) is 29.1 Å². The molecule has 9 heteroatoms. The zero-order valence-electron chi connectivity index (χ0n) is 14.0. The van der Waals surface area contributed by atoms with Gasteiger partial charge in [-0.3, -0.25) is 9.48 Å². The maximum absolute atomic E-state index is 13.7. The van der Waals surface area contributed by atoms with E-state index in [4.69, 9.17) is 4.74 Å². The highest BCUT2D eigenvalue weighted by atomic mass is 19.2. The number of nitrogens with zero attached hydrogens (tertiary/aromatic N) is 2. The molecule has 0 aliphatic heterocycles. The van der Waals surface area contributed by atoms with Crippen LogP contribution in [-0.4, -0.2) is 22.8 Å². The first-order chi connectivity index (χ1) is 12.9. The fourth-order valence-electron chi connectivity index (χ4n) is 2.46. The first-order valence-corrected chi connectivity index (χ1v) is 7.70. The van der Waals surface area contributed by atoms with Crippen molar-refractivity contribution in [2.24, 2.45) is 0 Å². The van der Waals surface area contributed by atoms with E-state index in [9.17, 15) is 22.4 Å². The van der Waals surface area contributed by atoms with E-state index >= 15 is 0 Å². The molecule has 1 amide bonds. The van der Waals surface area contributed by atoms with Gasteiger partial charge in [0, 0.05) is 18.3 Å². The van der Waals surface area contributed by atoms with Gasteiger partial charge in [0.05, 0.1) is 24.8 Å². The molecule has 1 aromatic heterocycles. The Balaban J connectivity index is 1.79. The molecule has 2 aromatic carbocycles. The van der Waals surface area contributed by atoms with Crippen LogP contribution in [0.3, 0.4) is 0 Å². The monoisotopic (exact) mass is 379 g/mol. The predicted molar refractivity (Wildman–Crippen MR) is 88.6 cm³/mol. The third-order valence-corrected chi connectivity index (χ3v) is 3.76. The average Bonchev–Trinajstić information content (AvgIpc) is 3.10. The van der Waals surface area contributed by atoms with Gasteiger partial charge >= 0.3 is 0 Å². The minimum Gasteiger partial charge on any atom is -0.496 e. The van der Waals surface area contributed by atoms with Crippen LogP contribution in [0.1, 0.15) is 15.9 Å². The molecule has 0 saturated carbocycles. The lowest BCUT2D eigenvalue weighted by Crippen LogP contribution is -2.14. The molecule has 5 nitrogen and oxygen atoms in total. The normalized spacial score (nSPS) is 10.7. The van der Waals surface area contributed by atoms with E-state index in [2.05, 4.69) is 10.4 Å². The van der Waals surface area contributed by atoms with Crippen LogP contribution in [-0.2, 0) is 6.54 Å². The SMILES string of the molecule is COc1ccccc1C(=O)Nc1ccn(Cc2c(F)c(F)cc(F)c2F)n1. The number of carbonyl (C=O) groups is 1. The van der Waals surface area contributed by atoms with Gasteiger partial charge in [-0.2, -0.15) is 5.10 Å². The number of para-hydroxylation sites is 1. The summed E-state index contributed by atoms with van der Waals surface area (Å²) in [6.45, 7) is -0.559. The summed E-state index contributed by atoms with van der Waals surface area (Å²) in [5.74, 6) is -6.06. The number of methoxy groups -OCH3 is 1. The molecule has 0 aliphatic carbocycles. The number of amides is 1. The van der Waals surface area contributed by atoms with E-state index in [1.54, 1.807) is 24.3 Å². The molecule has 0 saturated heterocycles. The van der Waals surface area contributed by atoms with Crippen LogP contribution in [0.4, 0.5) is 23.4 Å². The van der Waals surface area contributed by atoms with Crippen LogP contribution >= 0.6 is 0 Å². The minimum absolute atomic E-state index is 0.0867. The van der Waals surface area contributed by atoms with Gasteiger partial charge < -0.3 is 10.1 Å². The molecule has 0 unspecified atom stereocenters. The maximum Gasteiger partial charge on any atom is 0.260 e. The molecular weight excluding hydrogens is 366 g/mol.